The third kappa shape index (κ3) is 6.17. The lowest BCUT2D eigenvalue weighted by Gasteiger charge is -2.19. The van der Waals surface area contributed by atoms with Crippen molar-refractivity contribution in [3.8, 4) is 0 Å². The summed E-state index contributed by atoms with van der Waals surface area (Å²) in [5.41, 5.74) is -0.532. The SMILES string of the molecule is COC(=O)c1sc(NCCNC(=O)OC(C)(C)C)nc1Cl. The summed E-state index contributed by atoms with van der Waals surface area (Å²) in [7, 11) is 1.27. The fraction of sp³-hybridized carbons (Fsp3) is 0.583. The number of ether oxygens (including phenoxy) is 2. The van der Waals surface area contributed by atoms with Gasteiger partial charge in [-0.1, -0.05) is 22.9 Å². The summed E-state index contributed by atoms with van der Waals surface area (Å²) in [6.07, 6.45) is -0.489. The number of aromatic nitrogens is 1. The molecule has 1 rings (SSSR count). The molecule has 0 saturated heterocycles. The molecule has 1 heterocycles. The number of hydrogen-bond acceptors (Lipinski definition) is 7. The van der Waals surface area contributed by atoms with E-state index in [0.717, 1.165) is 11.3 Å². The molecular weight excluding hydrogens is 318 g/mol. The molecule has 0 aliphatic carbocycles. The molecule has 0 unspecified atom stereocenters. The number of carbonyl (C=O) groups is 2. The quantitative estimate of drug-likeness (QED) is 0.635. The highest BCUT2D eigenvalue weighted by molar-refractivity contribution is 7.18. The van der Waals surface area contributed by atoms with Crippen LogP contribution in [0.2, 0.25) is 5.15 Å². The molecule has 0 aliphatic rings. The first-order chi connectivity index (χ1) is 9.73. The van der Waals surface area contributed by atoms with Gasteiger partial charge in [-0.15, -0.1) is 0 Å². The zero-order valence-electron chi connectivity index (χ0n) is 12.3. The summed E-state index contributed by atoms with van der Waals surface area (Å²) in [6, 6.07) is 0. The largest absolute Gasteiger partial charge is 0.465 e. The van der Waals surface area contributed by atoms with Crippen molar-refractivity contribution in [2.24, 2.45) is 0 Å². The fourth-order valence-corrected chi connectivity index (χ4v) is 2.37. The van der Waals surface area contributed by atoms with Crippen molar-refractivity contribution in [1.82, 2.24) is 10.3 Å². The molecule has 21 heavy (non-hydrogen) atoms. The van der Waals surface area contributed by atoms with Gasteiger partial charge in [-0.2, -0.15) is 0 Å². The lowest BCUT2D eigenvalue weighted by atomic mass is 10.2. The van der Waals surface area contributed by atoms with Crippen LogP contribution in [0.3, 0.4) is 0 Å². The second kappa shape index (κ2) is 7.46. The lowest BCUT2D eigenvalue weighted by Crippen LogP contribution is -2.34. The molecule has 0 bridgehead atoms. The van der Waals surface area contributed by atoms with Gasteiger partial charge in [0.25, 0.3) is 0 Å². The molecule has 0 aliphatic heterocycles. The standard InChI is InChI=1S/C12H18ClN3O4S/c1-12(2,3)20-11(18)15-6-5-14-10-16-8(13)7(21-10)9(17)19-4/h5-6H2,1-4H3,(H,14,16)(H,15,18). The average Bonchev–Trinajstić information content (AvgIpc) is 2.73. The molecule has 2 N–H and O–H groups in total. The van der Waals surface area contributed by atoms with E-state index in [0.29, 0.717) is 18.2 Å². The highest BCUT2D eigenvalue weighted by atomic mass is 35.5. The normalized spacial score (nSPS) is 10.9. The summed E-state index contributed by atoms with van der Waals surface area (Å²) in [5.74, 6) is -0.530. The number of thiazole rings is 1. The van der Waals surface area contributed by atoms with Crippen LogP contribution in [0, 0.1) is 0 Å². The van der Waals surface area contributed by atoms with Crippen LogP contribution in [0.25, 0.3) is 0 Å². The van der Waals surface area contributed by atoms with E-state index in [-0.39, 0.29) is 10.0 Å². The fourth-order valence-electron chi connectivity index (χ4n) is 1.24. The Morgan fingerprint density at radius 3 is 2.57 bits per heavy atom. The molecule has 0 radical (unpaired) electrons. The predicted octanol–water partition coefficient (Wildman–Crippen LogP) is 2.52. The van der Waals surface area contributed by atoms with Crippen LogP contribution in [-0.2, 0) is 9.47 Å². The van der Waals surface area contributed by atoms with E-state index >= 15 is 0 Å². The van der Waals surface area contributed by atoms with Crippen molar-refractivity contribution in [2.45, 2.75) is 26.4 Å². The van der Waals surface area contributed by atoms with Crippen molar-refractivity contribution >= 4 is 40.1 Å². The number of methoxy groups -OCH3 is 1. The zero-order chi connectivity index (χ0) is 16.0. The maximum atomic E-state index is 11.4. The second-order valence-corrected chi connectivity index (χ2v) is 6.34. The van der Waals surface area contributed by atoms with Gasteiger partial charge in [-0.3, -0.25) is 0 Å². The number of nitrogens with one attached hydrogen (secondary N) is 2. The van der Waals surface area contributed by atoms with Crippen molar-refractivity contribution in [2.75, 3.05) is 25.5 Å². The van der Waals surface area contributed by atoms with E-state index in [4.69, 9.17) is 16.3 Å². The Labute approximate surface area is 132 Å². The van der Waals surface area contributed by atoms with Crippen LogP contribution in [-0.4, -0.2) is 42.8 Å². The Morgan fingerprint density at radius 2 is 2.00 bits per heavy atom. The Morgan fingerprint density at radius 1 is 1.33 bits per heavy atom. The van der Waals surface area contributed by atoms with Crippen LogP contribution in [0.4, 0.5) is 9.93 Å². The first-order valence-corrected chi connectivity index (χ1v) is 7.37. The van der Waals surface area contributed by atoms with E-state index in [1.807, 2.05) is 0 Å². The summed E-state index contributed by atoms with van der Waals surface area (Å²) in [5, 5.41) is 6.11. The van der Waals surface area contributed by atoms with Gasteiger partial charge in [0, 0.05) is 13.1 Å². The molecule has 0 fully saturated rings. The number of amides is 1. The van der Waals surface area contributed by atoms with E-state index in [9.17, 15) is 9.59 Å². The predicted molar refractivity (Wildman–Crippen MR) is 81.2 cm³/mol. The molecule has 9 heteroatoms. The third-order valence-electron chi connectivity index (χ3n) is 2.03. The van der Waals surface area contributed by atoms with Gasteiger partial charge in [-0.05, 0) is 20.8 Å². The van der Waals surface area contributed by atoms with E-state index < -0.39 is 17.7 Å². The molecule has 118 valence electrons. The maximum absolute atomic E-state index is 11.4. The average molecular weight is 336 g/mol. The molecule has 1 amide bonds. The topological polar surface area (TPSA) is 89.6 Å². The molecule has 0 saturated carbocycles. The van der Waals surface area contributed by atoms with Crippen LogP contribution < -0.4 is 10.6 Å². The molecule has 7 nitrogen and oxygen atoms in total. The Bertz CT molecular complexity index is 513. The van der Waals surface area contributed by atoms with Gasteiger partial charge in [0.05, 0.1) is 7.11 Å². The number of alkyl carbamates (subject to hydrolysis) is 1. The van der Waals surface area contributed by atoms with Gasteiger partial charge in [-0.25, -0.2) is 14.6 Å². The second-order valence-electron chi connectivity index (χ2n) is 4.99. The molecule has 1 aromatic heterocycles. The summed E-state index contributed by atoms with van der Waals surface area (Å²) < 4.78 is 9.67. The molecule has 0 spiro atoms. The first-order valence-electron chi connectivity index (χ1n) is 6.18. The molecule has 0 atom stereocenters. The maximum Gasteiger partial charge on any atom is 0.407 e. The van der Waals surface area contributed by atoms with Gasteiger partial charge < -0.3 is 20.1 Å². The number of anilines is 1. The number of carbonyl (C=O) groups excluding carboxylic acids is 2. The van der Waals surface area contributed by atoms with Crippen molar-refractivity contribution in [3.63, 3.8) is 0 Å². The number of esters is 1. The summed E-state index contributed by atoms with van der Waals surface area (Å²) in [4.78, 5) is 27.0. The van der Waals surface area contributed by atoms with Crippen molar-refractivity contribution < 1.29 is 19.1 Å². The summed E-state index contributed by atoms with van der Waals surface area (Å²) in [6.45, 7) is 6.13. The molecule has 1 aromatic rings. The third-order valence-corrected chi connectivity index (χ3v) is 3.40. The van der Waals surface area contributed by atoms with Crippen LogP contribution in [0.1, 0.15) is 30.4 Å². The highest BCUT2D eigenvalue weighted by Gasteiger charge is 2.17. The van der Waals surface area contributed by atoms with Crippen molar-refractivity contribution in [1.29, 1.82) is 0 Å². The number of rotatable bonds is 5. The van der Waals surface area contributed by atoms with E-state index in [2.05, 4.69) is 20.4 Å². The van der Waals surface area contributed by atoms with Gasteiger partial charge in [0.1, 0.15) is 5.60 Å². The summed E-state index contributed by atoms with van der Waals surface area (Å²) >= 11 is 6.91. The first kappa shape index (κ1) is 17.5. The van der Waals surface area contributed by atoms with Crippen molar-refractivity contribution in [3.05, 3.63) is 10.0 Å². The van der Waals surface area contributed by atoms with E-state index in [1.165, 1.54) is 7.11 Å². The minimum Gasteiger partial charge on any atom is -0.465 e. The van der Waals surface area contributed by atoms with Gasteiger partial charge in [0.2, 0.25) is 0 Å². The zero-order valence-corrected chi connectivity index (χ0v) is 13.9. The number of halogens is 1. The molecule has 0 aromatic carbocycles. The Hall–Kier alpha value is -1.54. The van der Waals surface area contributed by atoms with Gasteiger partial charge >= 0.3 is 12.1 Å². The van der Waals surface area contributed by atoms with Gasteiger partial charge in [0.15, 0.2) is 15.2 Å². The Kier molecular flexibility index (Phi) is 6.22. The lowest BCUT2D eigenvalue weighted by molar-refractivity contribution is 0.0528. The smallest absolute Gasteiger partial charge is 0.407 e. The monoisotopic (exact) mass is 335 g/mol. The van der Waals surface area contributed by atoms with Crippen LogP contribution in [0.15, 0.2) is 0 Å². The van der Waals surface area contributed by atoms with E-state index in [1.54, 1.807) is 20.8 Å². The number of hydrogen-bond donors (Lipinski definition) is 2. The number of nitrogens with zero attached hydrogens (tertiary/aromatic N) is 1. The van der Waals surface area contributed by atoms with Crippen LogP contribution in [0.5, 0.6) is 0 Å². The Balaban J connectivity index is 2.37. The minimum absolute atomic E-state index is 0.0921. The highest BCUT2D eigenvalue weighted by Crippen LogP contribution is 2.27. The molecular formula is C12H18ClN3O4S. The van der Waals surface area contributed by atoms with Crippen LogP contribution >= 0.6 is 22.9 Å². The minimum atomic E-state index is -0.532.